The molecular formula is C15H22N2OS. The van der Waals surface area contributed by atoms with Gasteiger partial charge in [0.1, 0.15) is 0 Å². The molecule has 1 aliphatic rings. The molecule has 104 valence electrons. The molecule has 0 spiro atoms. The first kappa shape index (κ1) is 14.3. The van der Waals surface area contributed by atoms with E-state index in [0.717, 1.165) is 23.8 Å². The molecule has 1 aliphatic heterocycles. The quantitative estimate of drug-likeness (QED) is 0.866. The summed E-state index contributed by atoms with van der Waals surface area (Å²) in [6, 6.07) is 6.04. The van der Waals surface area contributed by atoms with E-state index in [1.807, 2.05) is 30.8 Å². The molecule has 0 aliphatic carbocycles. The second-order valence-electron chi connectivity index (χ2n) is 5.04. The highest BCUT2D eigenvalue weighted by Crippen LogP contribution is 2.25. The smallest absolute Gasteiger partial charge is 0.224 e. The average molecular weight is 278 g/mol. The second-order valence-corrected chi connectivity index (χ2v) is 6.19. The maximum Gasteiger partial charge on any atom is 0.224 e. The van der Waals surface area contributed by atoms with E-state index >= 15 is 0 Å². The monoisotopic (exact) mass is 278 g/mol. The maximum absolute atomic E-state index is 11.4. The SMILES string of the molecule is CCC(=O)Nc1ccc(C)c(NCC2CCSC2)c1. The van der Waals surface area contributed by atoms with Crippen LogP contribution in [0, 0.1) is 12.8 Å². The van der Waals surface area contributed by atoms with Gasteiger partial charge in [-0.2, -0.15) is 11.8 Å². The van der Waals surface area contributed by atoms with Crippen LogP contribution in [0.1, 0.15) is 25.3 Å². The topological polar surface area (TPSA) is 41.1 Å². The average Bonchev–Trinajstić information content (AvgIpc) is 2.92. The first-order chi connectivity index (χ1) is 9.19. The number of rotatable bonds is 5. The normalized spacial score (nSPS) is 18.3. The lowest BCUT2D eigenvalue weighted by Gasteiger charge is -2.15. The van der Waals surface area contributed by atoms with Gasteiger partial charge in [0.05, 0.1) is 0 Å². The van der Waals surface area contributed by atoms with Crippen LogP contribution >= 0.6 is 11.8 Å². The number of carbonyl (C=O) groups excluding carboxylic acids is 1. The Morgan fingerprint density at radius 3 is 3.00 bits per heavy atom. The Morgan fingerprint density at radius 1 is 1.47 bits per heavy atom. The maximum atomic E-state index is 11.4. The molecule has 0 radical (unpaired) electrons. The van der Waals surface area contributed by atoms with Gasteiger partial charge in [0.2, 0.25) is 5.91 Å². The highest BCUT2D eigenvalue weighted by atomic mass is 32.2. The van der Waals surface area contributed by atoms with Crippen LogP contribution in [0.2, 0.25) is 0 Å². The zero-order valence-electron chi connectivity index (χ0n) is 11.7. The highest BCUT2D eigenvalue weighted by Gasteiger charge is 2.15. The zero-order chi connectivity index (χ0) is 13.7. The van der Waals surface area contributed by atoms with E-state index in [-0.39, 0.29) is 5.91 Å². The summed E-state index contributed by atoms with van der Waals surface area (Å²) in [5, 5.41) is 6.43. The number of aryl methyl sites for hydroxylation is 1. The molecule has 1 aromatic carbocycles. The Morgan fingerprint density at radius 2 is 2.32 bits per heavy atom. The minimum absolute atomic E-state index is 0.0574. The lowest BCUT2D eigenvalue weighted by atomic mass is 10.1. The second kappa shape index (κ2) is 6.85. The molecular weight excluding hydrogens is 256 g/mol. The molecule has 2 rings (SSSR count). The summed E-state index contributed by atoms with van der Waals surface area (Å²) >= 11 is 2.04. The van der Waals surface area contributed by atoms with Gasteiger partial charge in [-0.05, 0) is 48.5 Å². The molecule has 1 aromatic rings. The van der Waals surface area contributed by atoms with Gasteiger partial charge in [-0.3, -0.25) is 4.79 Å². The van der Waals surface area contributed by atoms with Gasteiger partial charge in [0.15, 0.2) is 0 Å². The Balaban J connectivity index is 1.97. The molecule has 0 aromatic heterocycles. The predicted molar refractivity (Wildman–Crippen MR) is 84.0 cm³/mol. The van der Waals surface area contributed by atoms with Gasteiger partial charge in [-0.1, -0.05) is 13.0 Å². The van der Waals surface area contributed by atoms with Crippen LogP contribution in [0.5, 0.6) is 0 Å². The van der Waals surface area contributed by atoms with Crippen LogP contribution in [0.3, 0.4) is 0 Å². The molecule has 1 heterocycles. The summed E-state index contributed by atoms with van der Waals surface area (Å²) in [5.74, 6) is 3.39. The summed E-state index contributed by atoms with van der Waals surface area (Å²) in [6.45, 7) is 4.98. The summed E-state index contributed by atoms with van der Waals surface area (Å²) in [6.07, 6.45) is 1.82. The van der Waals surface area contributed by atoms with Gasteiger partial charge in [-0.25, -0.2) is 0 Å². The molecule has 1 unspecified atom stereocenters. The largest absolute Gasteiger partial charge is 0.384 e. The van der Waals surface area contributed by atoms with Crippen molar-refractivity contribution in [1.82, 2.24) is 0 Å². The minimum Gasteiger partial charge on any atom is -0.384 e. The fourth-order valence-corrected chi connectivity index (χ4v) is 3.42. The Hall–Kier alpha value is -1.16. The molecule has 3 nitrogen and oxygen atoms in total. The Kier molecular flexibility index (Phi) is 5.14. The predicted octanol–water partition coefficient (Wildman–Crippen LogP) is 3.51. The molecule has 0 saturated carbocycles. The summed E-state index contributed by atoms with van der Waals surface area (Å²) in [5.41, 5.74) is 3.23. The lowest BCUT2D eigenvalue weighted by Crippen LogP contribution is -2.15. The first-order valence-corrected chi connectivity index (χ1v) is 8.06. The first-order valence-electron chi connectivity index (χ1n) is 6.91. The number of benzene rings is 1. The van der Waals surface area contributed by atoms with Crippen molar-refractivity contribution in [3.05, 3.63) is 23.8 Å². The van der Waals surface area contributed by atoms with Crippen LogP contribution < -0.4 is 10.6 Å². The van der Waals surface area contributed by atoms with Crippen molar-refractivity contribution in [1.29, 1.82) is 0 Å². The van der Waals surface area contributed by atoms with Crippen molar-refractivity contribution >= 4 is 29.0 Å². The Bertz CT molecular complexity index is 442. The number of amides is 1. The molecule has 0 bridgehead atoms. The fourth-order valence-electron chi connectivity index (χ4n) is 2.14. The van der Waals surface area contributed by atoms with E-state index in [9.17, 15) is 4.79 Å². The van der Waals surface area contributed by atoms with Gasteiger partial charge >= 0.3 is 0 Å². The van der Waals surface area contributed by atoms with Crippen LogP contribution in [0.15, 0.2) is 18.2 Å². The number of anilines is 2. The van der Waals surface area contributed by atoms with Crippen molar-refractivity contribution in [2.24, 2.45) is 5.92 Å². The van der Waals surface area contributed by atoms with Crippen molar-refractivity contribution in [3.8, 4) is 0 Å². The molecule has 1 fully saturated rings. The Labute approximate surface area is 119 Å². The molecule has 19 heavy (non-hydrogen) atoms. The van der Waals surface area contributed by atoms with Crippen molar-refractivity contribution < 1.29 is 4.79 Å². The van der Waals surface area contributed by atoms with Crippen LogP contribution in [-0.2, 0) is 4.79 Å². The van der Waals surface area contributed by atoms with E-state index in [2.05, 4.69) is 23.6 Å². The molecule has 2 N–H and O–H groups in total. The van der Waals surface area contributed by atoms with E-state index in [1.54, 1.807) is 0 Å². The van der Waals surface area contributed by atoms with E-state index in [0.29, 0.717) is 6.42 Å². The van der Waals surface area contributed by atoms with Crippen molar-refractivity contribution in [3.63, 3.8) is 0 Å². The van der Waals surface area contributed by atoms with Crippen molar-refractivity contribution in [2.75, 3.05) is 28.7 Å². The number of hydrogen-bond acceptors (Lipinski definition) is 3. The van der Waals surface area contributed by atoms with E-state index < -0.39 is 0 Å². The summed E-state index contributed by atoms with van der Waals surface area (Å²) in [4.78, 5) is 11.4. The number of hydrogen-bond donors (Lipinski definition) is 2. The molecule has 1 amide bonds. The van der Waals surface area contributed by atoms with E-state index in [4.69, 9.17) is 0 Å². The third-order valence-electron chi connectivity index (χ3n) is 3.45. The van der Waals surface area contributed by atoms with Crippen LogP contribution in [0.25, 0.3) is 0 Å². The van der Waals surface area contributed by atoms with Gasteiger partial charge < -0.3 is 10.6 Å². The van der Waals surface area contributed by atoms with Gasteiger partial charge in [-0.15, -0.1) is 0 Å². The molecule has 1 atom stereocenters. The highest BCUT2D eigenvalue weighted by molar-refractivity contribution is 7.99. The number of carbonyl (C=O) groups is 1. The standard InChI is InChI=1S/C15H22N2OS/c1-3-15(18)17-13-5-4-11(2)14(8-13)16-9-12-6-7-19-10-12/h4-5,8,12,16H,3,6-7,9-10H2,1-2H3,(H,17,18). The molecule has 1 saturated heterocycles. The third kappa shape index (κ3) is 4.16. The van der Waals surface area contributed by atoms with Crippen LogP contribution in [0.4, 0.5) is 11.4 Å². The number of nitrogens with one attached hydrogen (secondary N) is 2. The van der Waals surface area contributed by atoms with Gasteiger partial charge in [0.25, 0.3) is 0 Å². The summed E-state index contributed by atoms with van der Waals surface area (Å²) < 4.78 is 0. The minimum atomic E-state index is 0.0574. The third-order valence-corrected chi connectivity index (χ3v) is 4.68. The fraction of sp³-hybridized carbons (Fsp3) is 0.533. The lowest BCUT2D eigenvalue weighted by molar-refractivity contribution is -0.115. The number of thioether (sulfide) groups is 1. The van der Waals surface area contributed by atoms with Crippen molar-refractivity contribution in [2.45, 2.75) is 26.7 Å². The van der Waals surface area contributed by atoms with E-state index in [1.165, 1.54) is 23.5 Å². The van der Waals surface area contributed by atoms with Gasteiger partial charge in [0, 0.05) is 24.3 Å². The van der Waals surface area contributed by atoms with Crippen LogP contribution in [-0.4, -0.2) is 24.0 Å². The zero-order valence-corrected chi connectivity index (χ0v) is 12.5. The molecule has 4 heteroatoms. The summed E-state index contributed by atoms with van der Waals surface area (Å²) in [7, 11) is 0.